The zero-order valence-corrected chi connectivity index (χ0v) is 43.0. The van der Waals surface area contributed by atoms with E-state index in [-0.39, 0.29) is 0 Å². The molecule has 6 heteroatoms. The molecule has 9 aromatic carbocycles. The Bertz CT molecular complexity index is 4590. The van der Waals surface area contributed by atoms with E-state index in [0.29, 0.717) is 0 Å². The van der Waals surface area contributed by atoms with Gasteiger partial charge >= 0.3 is 0 Å². The van der Waals surface area contributed by atoms with E-state index in [1.165, 1.54) is 69.7 Å². The summed E-state index contributed by atoms with van der Waals surface area (Å²) < 4.78 is 14.1. The van der Waals surface area contributed by atoms with Crippen LogP contribution in [0.4, 0.5) is 0 Å². The molecule has 1 aliphatic rings. The van der Waals surface area contributed by atoms with Crippen molar-refractivity contribution in [2.45, 2.75) is 19.8 Å². The van der Waals surface area contributed by atoms with E-state index in [4.69, 9.17) is 9.40 Å². The van der Waals surface area contributed by atoms with Crippen LogP contribution in [0.5, 0.6) is 0 Å². The number of hydrogen-bond donors (Lipinski definition) is 1. The van der Waals surface area contributed by atoms with Crippen LogP contribution < -0.4 is 0 Å². The molecule has 0 aliphatic heterocycles. The lowest BCUT2D eigenvalue weighted by molar-refractivity contribution is 0.669. The Morgan fingerprint density at radius 1 is 0.493 bits per heavy atom. The minimum atomic E-state index is 0.858. The van der Waals surface area contributed by atoms with Gasteiger partial charge in [0.05, 0.1) is 22.2 Å². The highest BCUT2D eigenvalue weighted by Crippen LogP contribution is 2.42. The maximum absolute atomic E-state index is 6.63. The Morgan fingerprint density at radius 2 is 1.15 bits per heavy atom. The lowest BCUT2D eigenvalue weighted by Crippen LogP contribution is -2.01. The van der Waals surface area contributed by atoms with Crippen molar-refractivity contribution in [1.29, 1.82) is 0 Å². The summed E-state index contributed by atoms with van der Waals surface area (Å²) in [7, 11) is 0. The Labute approximate surface area is 444 Å². The van der Waals surface area contributed by atoms with E-state index in [0.717, 1.165) is 91.0 Å². The number of hydrogen-bond acceptors (Lipinski definition) is 4. The number of allylic oxidation sites excluding steroid dienone is 2. The Balaban J connectivity index is 0.000000989. The highest BCUT2D eigenvalue weighted by atomic mass is 32.1. The van der Waals surface area contributed by atoms with Crippen LogP contribution in [0.15, 0.2) is 235 Å². The number of nitrogens with zero attached hydrogens (tertiary/aromatic N) is 3. The molecule has 0 bridgehead atoms. The quantitative estimate of drug-likeness (QED) is 0.128. The van der Waals surface area contributed by atoms with Crippen molar-refractivity contribution >= 4 is 105 Å². The van der Waals surface area contributed by atoms with E-state index in [2.05, 4.69) is 240 Å². The molecule has 0 fully saturated rings. The molecule has 0 unspecified atom stereocenters. The van der Waals surface area contributed by atoms with Gasteiger partial charge in [-0.25, -0.2) is 0 Å². The predicted molar refractivity (Wildman–Crippen MR) is 323 cm³/mol. The molecule has 0 radical (unpaired) electrons. The van der Waals surface area contributed by atoms with Crippen LogP contribution in [0.1, 0.15) is 24.6 Å². The molecule has 358 valence electrons. The van der Waals surface area contributed by atoms with Gasteiger partial charge in [-0.2, -0.15) is 12.6 Å². The lowest BCUT2D eigenvalue weighted by Gasteiger charge is -2.16. The maximum Gasteiger partial charge on any atom is 0.136 e. The average molecular weight is 1000 g/mol. The second-order valence-corrected chi connectivity index (χ2v) is 20.8. The second-order valence-electron chi connectivity index (χ2n) is 19.4. The van der Waals surface area contributed by atoms with E-state index >= 15 is 0 Å². The molecular formula is C69H49N3OS2. The number of pyridine rings is 1. The van der Waals surface area contributed by atoms with Crippen molar-refractivity contribution in [3.63, 3.8) is 0 Å². The van der Waals surface area contributed by atoms with Gasteiger partial charge in [-0.15, -0.1) is 11.3 Å². The summed E-state index contributed by atoms with van der Waals surface area (Å²) in [5.74, 6) is 0.858. The van der Waals surface area contributed by atoms with Crippen LogP contribution in [-0.4, -0.2) is 19.9 Å². The Hall–Kier alpha value is -8.68. The molecule has 0 spiro atoms. The van der Waals surface area contributed by atoms with E-state index in [1.807, 2.05) is 36.6 Å². The smallest absolute Gasteiger partial charge is 0.136 e. The van der Waals surface area contributed by atoms with Gasteiger partial charge in [-0.1, -0.05) is 121 Å². The first-order valence-electron chi connectivity index (χ1n) is 25.7. The molecule has 0 saturated heterocycles. The summed E-state index contributed by atoms with van der Waals surface area (Å²) in [5.41, 5.74) is 19.1. The van der Waals surface area contributed by atoms with Crippen molar-refractivity contribution in [1.82, 2.24) is 14.1 Å². The van der Waals surface area contributed by atoms with Gasteiger partial charge in [0.15, 0.2) is 0 Å². The Kier molecular flexibility index (Phi) is 11.2. The number of aryl methyl sites for hydroxylation is 1. The topological polar surface area (TPSA) is 35.9 Å². The summed E-state index contributed by atoms with van der Waals surface area (Å²) in [5, 5.41) is 8.57. The third-order valence-corrected chi connectivity index (χ3v) is 16.3. The maximum atomic E-state index is 6.63. The normalized spacial score (nSPS) is 12.5. The van der Waals surface area contributed by atoms with Gasteiger partial charge in [-0.3, -0.25) is 4.98 Å². The number of thiol groups is 1. The first-order chi connectivity index (χ1) is 37.1. The average Bonchev–Trinajstić information content (AvgIpc) is 4.26. The fourth-order valence-corrected chi connectivity index (χ4v) is 12.7. The monoisotopic (exact) mass is 999 g/mol. The molecule has 0 N–H and O–H groups in total. The molecule has 15 rings (SSSR count). The largest absolute Gasteiger partial charge is 0.456 e. The van der Waals surface area contributed by atoms with Crippen molar-refractivity contribution in [2.24, 2.45) is 0 Å². The van der Waals surface area contributed by atoms with Crippen molar-refractivity contribution in [2.75, 3.05) is 5.75 Å². The zero-order chi connectivity index (χ0) is 50.0. The van der Waals surface area contributed by atoms with Gasteiger partial charge in [0.1, 0.15) is 11.2 Å². The third-order valence-electron chi connectivity index (χ3n) is 15.0. The van der Waals surface area contributed by atoms with Gasteiger partial charge < -0.3 is 13.6 Å². The lowest BCUT2D eigenvalue weighted by atomic mass is 9.96. The SMILES string of the molecule is C/C=C\CS.C1=Cc2c(c3ccccc3n2-c2cc(-c3ccc(-c4ccc5c(c4)c4ccccc4n5-c4ccccc4)nc3)cc(-c3ccc4oc5cc(-c6ccc7sc8ccccc8c7c6)ccc5c4c3)c2)CC1. The van der Waals surface area contributed by atoms with Gasteiger partial charge in [0, 0.05) is 87.2 Å². The molecule has 4 nitrogen and oxygen atoms in total. The number of furan rings is 1. The van der Waals surface area contributed by atoms with Crippen molar-refractivity contribution in [3.8, 4) is 56.0 Å². The van der Waals surface area contributed by atoms with Crippen LogP contribution in [0.2, 0.25) is 0 Å². The van der Waals surface area contributed by atoms with Gasteiger partial charge in [0.25, 0.3) is 0 Å². The first-order valence-corrected chi connectivity index (χ1v) is 27.1. The molecule has 5 aromatic heterocycles. The summed E-state index contributed by atoms with van der Waals surface area (Å²) in [6, 6.07) is 75.2. The molecule has 0 atom stereocenters. The van der Waals surface area contributed by atoms with E-state index in [1.54, 1.807) is 0 Å². The summed E-state index contributed by atoms with van der Waals surface area (Å²) >= 11 is 5.76. The van der Waals surface area contributed by atoms with Crippen LogP contribution in [0, 0.1) is 0 Å². The van der Waals surface area contributed by atoms with Crippen LogP contribution in [-0.2, 0) is 6.42 Å². The molecular weight excluding hydrogens is 951 g/mol. The highest BCUT2D eigenvalue weighted by molar-refractivity contribution is 7.80. The van der Waals surface area contributed by atoms with Crippen LogP contribution >= 0.6 is 24.0 Å². The van der Waals surface area contributed by atoms with Gasteiger partial charge in [0.2, 0.25) is 0 Å². The number of aromatic nitrogens is 3. The Morgan fingerprint density at radius 3 is 1.96 bits per heavy atom. The number of benzene rings is 9. The predicted octanol–water partition coefficient (Wildman–Crippen LogP) is 19.5. The molecule has 5 heterocycles. The van der Waals surface area contributed by atoms with E-state index in [9.17, 15) is 0 Å². The molecule has 14 aromatic rings. The van der Waals surface area contributed by atoms with Crippen molar-refractivity contribution in [3.05, 3.63) is 242 Å². The third kappa shape index (κ3) is 7.79. The standard InChI is InChI=1S/C65H41N3OS.C4H8S/c1-2-12-47(13-3-1)67-60-20-10-6-16-51(60)54-37-43(24-29-61(54)67)57-28-23-44(39-66-57)46-32-45(33-48(34-46)68-58-18-8-4-14-49(58)50-15-5-9-19-59(50)68)41-25-30-62-55(35-41)52-27-22-42(38-63(52)69-62)40-26-31-65-56(36-40)53-17-7-11-21-64(53)70-65;1-2-3-4-5/h1-4,6-14,16-39H,5,15H2;2-3,5H,4H2,1H3/b;3-2-. The van der Waals surface area contributed by atoms with Crippen LogP contribution in [0.3, 0.4) is 0 Å². The fraction of sp³-hybridized carbons (Fsp3) is 0.0580. The number of thiophene rings is 1. The number of para-hydroxylation sites is 3. The fourth-order valence-electron chi connectivity index (χ4n) is 11.4. The van der Waals surface area contributed by atoms with Crippen LogP contribution in [0.25, 0.3) is 137 Å². The zero-order valence-electron chi connectivity index (χ0n) is 41.2. The molecule has 0 saturated carbocycles. The summed E-state index contributed by atoms with van der Waals surface area (Å²) in [4.78, 5) is 5.18. The minimum absolute atomic E-state index is 0.858. The number of fused-ring (bicyclic) bond motifs is 12. The molecule has 1 aliphatic carbocycles. The summed E-state index contributed by atoms with van der Waals surface area (Å²) in [6.45, 7) is 1.98. The second kappa shape index (κ2) is 18.7. The highest BCUT2D eigenvalue weighted by Gasteiger charge is 2.21. The minimum Gasteiger partial charge on any atom is -0.456 e. The number of rotatable bonds is 7. The van der Waals surface area contributed by atoms with E-state index < -0.39 is 0 Å². The first kappa shape index (κ1) is 45.0. The van der Waals surface area contributed by atoms with Gasteiger partial charge in [-0.05, 0) is 162 Å². The molecule has 75 heavy (non-hydrogen) atoms. The van der Waals surface area contributed by atoms with Crippen molar-refractivity contribution < 1.29 is 4.42 Å². The summed E-state index contributed by atoms with van der Waals surface area (Å²) in [6.07, 6.45) is 12.7. The molecule has 0 amide bonds.